The number of benzene rings is 1. The molecule has 0 aliphatic carbocycles. The molecule has 1 aromatic rings. The first kappa shape index (κ1) is 13.6. The lowest BCUT2D eigenvalue weighted by Crippen LogP contribution is -2.29. The third-order valence-electron chi connectivity index (χ3n) is 1.90. The van der Waals surface area contributed by atoms with E-state index in [1.54, 1.807) is 6.07 Å². The molecule has 17 heavy (non-hydrogen) atoms. The van der Waals surface area contributed by atoms with Crippen LogP contribution in [0.25, 0.3) is 0 Å². The van der Waals surface area contributed by atoms with Crippen LogP contribution in [0, 0.1) is 23.0 Å². The molecule has 1 aromatic carbocycles. The smallest absolute Gasteiger partial charge is 0.132 e. The van der Waals surface area contributed by atoms with E-state index in [1.807, 2.05) is 20.8 Å². The van der Waals surface area contributed by atoms with Crippen molar-refractivity contribution in [1.29, 1.82) is 5.26 Å². The molecule has 0 amide bonds. The molecule has 0 radical (unpaired) electrons. The molecule has 3 nitrogen and oxygen atoms in total. The molecular formula is C12H14F2N2O. The molecule has 0 aromatic heterocycles. The Bertz CT molecular complexity index is 424. The normalized spacial score (nSPS) is 11.3. The maximum Gasteiger partial charge on any atom is 0.132 e. The molecular weight excluding hydrogens is 226 g/mol. The lowest BCUT2D eigenvalue weighted by molar-refractivity contribution is -0.0763. The monoisotopic (exact) mass is 240 g/mol. The van der Waals surface area contributed by atoms with E-state index in [-0.39, 0.29) is 17.7 Å². The average Bonchev–Trinajstić information content (AvgIpc) is 2.20. The number of halogens is 2. The molecule has 1 N–H and O–H groups in total. The first-order valence-corrected chi connectivity index (χ1v) is 5.12. The first-order valence-electron chi connectivity index (χ1n) is 5.12. The summed E-state index contributed by atoms with van der Waals surface area (Å²) >= 11 is 0. The van der Waals surface area contributed by atoms with E-state index in [4.69, 9.17) is 10.1 Å². The van der Waals surface area contributed by atoms with Gasteiger partial charge in [0.15, 0.2) is 0 Å². The SMILES string of the molecule is CC(C)(C)ONCc1c(F)cc(C#N)cc1F. The Labute approximate surface area is 99.0 Å². The molecule has 0 aliphatic heterocycles. The zero-order valence-corrected chi connectivity index (χ0v) is 9.97. The van der Waals surface area contributed by atoms with E-state index < -0.39 is 17.2 Å². The number of rotatable bonds is 3. The Morgan fingerprint density at radius 2 is 1.82 bits per heavy atom. The molecule has 0 aliphatic rings. The fourth-order valence-electron chi connectivity index (χ4n) is 1.16. The van der Waals surface area contributed by atoms with E-state index in [2.05, 4.69) is 5.48 Å². The molecule has 0 fully saturated rings. The largest absolute Gasteiger partial charge is 0.296 e. The summed E-state index contributed by atoms with van der Waals surface area (Å²) in [7, 11) is 0. The summed E-state index contributed by atoms with van der Waals surface area (Å²) in [5, 5.41) is 8.54. The summed E-state index contributed by atoms with van der Waals surface area (Å²) in [6.45, 7) is 5.34. The minimum atomic E-state index is -0.758. The number of hydroxylamine groups is 1. The molecule has 0 bridgehead atoms. The summed E-state index contributed by atoms with van der Waals surface area (Å²) in [5.41, 5.74) is 1.87. The standard InChI is InChI=1S/C12H14F2N2O/c1-12(2,3)17-16-7-9-10(13)4-8(6-15)5-11(9)14/h4-5,16H,7H2,1-3H3. The van der Waals surface area contributed by atoms with Crippen LogP contribution in [0.2, 0.25) is 0 Å². The van der Waals surface area contributed by atoms with Crippen LogP contribution in [0.5, 0.6) is 0 Å². The van der Waals surface area contributed by atoms with E-state index in [0.717, 1.165) is 12.1 Å². The van der Waals surface area contributed by atoms with Gasteiger partial charge in [0.25, 0.3) is 0 Å². The number of nitrogens with one attached hydrogen (secondary N) is 1. The van der Waals surface area contributed by atoms with Gasteiger partial charge in [0.1, 0.15) is 11.6 Å². The van der Waals surface area contributed by atoms with Crippen molar-refractivity contribution in [3.8, 4) is 6.07 Å². The fraction of sp³-hybridized carbons (Fsp3) is 0.417. The van der Waals surface area contributed by atoms with E-state index in [9.17, 15) is 8.78 Å². The van der Waals surface area contributed by atoms with Crippen LogP contribution in [0.4, 0.5) is 8.78 Å². The second kappa shape index (κ2) is 5.21. The fourth-order valence-corrected chi connectivity index (χ4v) is 1.16. The molecule has 92 valence electrons. The lowest BCUT2D eigenvalue weighted by Gasteiger charge is -2.19. The lowest BCUT2D eigenvalue weighted by atomic mass is 10.1. The van der Waals surface area contributed by atoms with Crippen LogP contribution in [0.3, 0.4) is 0 Å². The summed E-state index contributed by atoms with van der Waals surface area (Å²) in [4.78, 5) is 5.15. The number of nitrogens with zero attached hydrogens (tertiary/aromatic N) is 1. The summed E-state index contributed by atoms with van der Waals surface area (Å²) in [5.74, 6) is -1.52. The predicted molar refractivity (Wildman–Crippen MR) is 58.8 cm³/mol. The third-order valence-corrected chi connectivity index (χ3v) is 1.90. The molecule has 5 heteroatoms. The van der Waals surface area contributed by atoms with Crippen molar-refractivity contribution in [2.45, 2.75) is 32.9 Å². The van der Waals surface area contributed by atoms with Gasteiger partial charge in [-0.1, -0.05) is 0 Å². The van der Waals surface area contributed by atoms with Crippen molar-refractivity contribution in [2.24, 2.45) is 0 Å². The summed E-state index contributed by atoms with van der Waals surface area (Å²) in [6, 6.07) is 3.68. The van der Waals surface area contributed by atoms with E-state index in [0.29, 0.717) is 0 Å². The van der Waals surface area contributed by atoms with Crippen molar-refractivity contribution >= 4 is 0 Å². The second-order valence-corrected chi connectivity index (χ2v) is 4.57. The molecule has 0 spiro atoms. The van der Waals surface area contributed by atoms with Gasteiger partial charge in [-0.2, -0.15) is 10.7 Å². The highest BCUT2D eigenvalue weighted by molar-refractivity contribution is 5.34. The summed E-state index contributed by atoms with van der Waals surface area (Å²) in [6.07, 6.45) is 0. The Balaban J connectivity index is 2.76. The number of hydrogen-bond donors (Lipinski definition) is 1. The van der Waals surface area contributed by atoms with Crippen molar-refractivity contribution in [3.05, 3.63) is 34.9 Å². The molecule has 0 unspecified atom stereocenters. The van der Waals surface area contributed by atoms with Crippen LogP contribution in [-0.2, 0) is 11.4 Å². The van der Waals surface area contributed by atoms with Crippen molar-refractivity contribution in [3.63, 3.8) is 0 Å². The third kappa shape index (κ3) is 4.10. The maximum atomic E-state index is 13.4. The zero-order valence-electron chi connectivity index (χ0n) is 9.97. The van der Waals surface area contributed by atoms with Crippen LogP contribution < -0.4 is 5.48 Å². The van der Waals surface area contributed by atoms with E-state index >= 15 is 0 Å². The van der Waals surface area contributed by atoms with Gasteiger partial charge in [-0.15, -0.1) is 0 Å². The van der Waals surface area contributed by atoms with Crippen LogP contribution in [-0.4, -0.2) is 5.60 Å². The molecule has 1 rings (SSSR count). The van der Waals surface area contributed by atoms with Gasteiger partial charge in [-0.05, 0) is 32.9 Å². The maximum absolute atomic E-state index is 13.4. The minimum absolute atomic E-state index is 0.0412. The average molecular weight is 240 g/mol. The highest BCUT2D eigenvalue weighted by Crippen LogP contribution is 2.15. The molecule has 0 saturated carbocycles. The Morgan fingerprint density at radius 1 is 1.29 bits per heavy atom. The van der Waals surface area contributed by atoms with Crippen molar-refractivity contribution in [1.82, 2.24) is 5.48 Å². The highest BCUT2D eigenvalue weighted by Gasteiger charge is 2.14. The van der Waals surface area contributed by atoms with Gasteiger partial charge in [-0.25, -0.2) is 8.78 Å². The quantitative estimate of drug-likeness (QED) is 0.826. The minimum Gasteiger partial charge on any atom is -0.296 e. The van der Waals surface area contributed by atoms with Gasteiger partial charge < -0.3 is 0 Å². The van der Waals surface area contributed by atoms with Gasteiger partial charge in [0.2, 0.25) is 0 Å². The van der Waals surface area contributed by atoms with Crippen LogP contribution in [0.1, 0.15) is 31.9 Å². The van der Waals surface area contributed by atoms with Gasteiger partial charge in [0, 0.05) is 5.56 Å². The second-order valence-electron chi connectivity index (χ2n) is 4.57. The molecule has 0 heterocycles. The van der Waals surface area contributed by atoms with Gasteiger partial charge in [-0.3, -0.25) is 4.84 Å². The highest BCUT2D eigenvalue weighted by atomic mass is 19.1. The number of nitriles is 1. The van der Waals surface area contributed by atoms with Crippen LogP contribution >= 0.6 is 0 Å². The van der Waals surface area contributed by atoms with Gasteiger partial charge >= 0.3 is 0 Å². The van der Waals surface area contributed by atoms with Gasteiger partial charge in [0.05, 0.1) is 23.8 Å². The van der Waals surface area contributed by atoms with Crippen molar-refractivity contribution < 1.29 is 13.6 Å². The van der Waals surface area contributed by atoms with Crippen LogP contribution in [0.15, 0.2) is 12.1 Å². The summed E-state index contributed by atoms with van der Waals surface area (Å²) < 4.78 is 26.9. The first-order chi connectivity index (χ1) is 7.83. The molecule has 0 saturated heterocycles. The number of hydrogen-bond acceptors (Lipinski definition) is 3. The Morgan fingerprint density at radius 3 is 2.24 bits per heavy atom. The Hall–Kier alpha value is -1.51. The predicted octanol–water partition coefficient (Wildman–Crippen LogP) is 2.66. The topological polar surface area (TPSA) is 45.0 Å². The molecule has 0 atom stereocenters. The van der Waals surface area contributed by atoms with Crippen molar-refractivity contribution in [2.75, 3.05) is 0 Å². The zero-order chi connectivity index (χ0) is 13.1. The Kier molecular flexibility index (Phi) is 4.16. The van der Waals surface area contributed by atoms with E-state index in [1.165, 1.54) is 0 Å².